The van der Waals surface area contributed by atoms with Gasteiger partial charge in [0.1, 0.15) is 5.75 Å². The van der Waals surface area contributed by atoms with Crippen molar-refractivity contribution in [3.63, 3.8) is 0 Å². The summed E-state index contributed by atoms with van der Waals surface area (Å²) in [5.74, 6) is 0.853. The van der Waals surface area contributed by atoms with Crippen molar-refractivity contribution in [3.05, 3.63) is 65.7 Å². The summed E-state index contributed by atoms with van der Waals surface area (Å²) in [6.07, 6.45) is 6.42. The standard InChI is InChI=1S/C18H17NO/c1-20-17-11-9-16(10-12-17)19-13-15-7-4-6-14-5-2-3-8-18(14)15/h2-3,5,7-13H,4,6H2,1H3/b19-13-. The maximum Gasteiger partial charge on any atom is 0.119 e. The quantitative estimate of drug-likeness (QED) is 0.751. The zero-order chi connectivity index (χ0) is 13.8. The number of methoxy groups -OCH3 is 1. The van der Waals surface area contributed by atoms with Gasteiger partial charge >= 0.3 is 0 Å². The Bertz CT molecular complexity index is 653. The molecule has 2 heteroatoms. The number of benzene rings is 2. The third-order valence-corrected chi connectivity index (χ3v) is 3.53. The lowest BCUT2D eigenvalue weighted by molar-refractivity contribution is 0.415. The van der Waals surface area contributed by atoms with Crippen LogP contribution in [0.3, 0.4) is 0 Å². The Balaban J connectivity index is 1.83. The van der Waals surface area contributed by atoms with Crippen LogP contribution in [-0.4, -0.2) is 13.3 Å². The van der Waals surface area contributed by atoms with E-state index in [-0.39, 0.29) is 0 Å². The van der Waals surface area contributed by atoms with Gasteiger partial charge in [-0.3, -0.25) is 4.99 Å². The molecular weight excluding hydrogens is 246 g/mol. The van der Waals surface area contributed by atoms with Crippen LogP contribution in [0.15, 0.2) is 59.6 Å². The van der Waals surface area contributed by atoms with Gasteiger partial charge in [0.25, 0.3) is 0 Å². The molecule has 100 valence electrons. The first-order valence-corrected chi connectivity index (χ1v) is 6.83. The topological polar surface area (TPSA) is 21.6 Å². The molecule has 1 aliphatic carbocycles. The van der Waals surface area contributed by atoms with Gasteiger partial charge in [0.2, 0.25) is 0 Å². The number of aliphatic imine (C=N–C) groups is 1. The third-order valence-electron chi connectivity index (χ3n) is 3.53. The van der Waals surface area contributed by atoms with Crippen molar-refractivity contribution < 1.29 is 4.74 Å². The average Bonchev–Trinajstić information content (AvgIpc) is 2.53. The number of rotatable bonds is 3. The Hall–Kier alpha value is -2.35. The van der Waals surface area contributed by atoms with Crippen molar-refractivity contribution in [1.29, 1.82) is 0 Å². The van der Waals surface area contributed by atoms with Gasteiger partial charge in [-0.1, -0.05) is 30.3 Å². The van der Waals surface area contributed by atoms with Crippen LogP contribution in [0.25, 0.3) is 5.57 Å². The minimum atomic E-state index is 0.853. The maximum absolute atomic E-state index is 5.15. The van der Waals surface area contributed by atoms with Crippen LogP contribution >= 0.6 is 0 Å². The second-order valence-corrected chi connectivity index (χ2v) is 4.81. The van der Waals surface area contributed by atoms with E-state index in [1.165, 1.54) is 16.7 Å². The number of ether oxygens (including phenoxy) is 1. The molecule has 20 heavy (non-hydrogen) atoms. The van der Waals surface area contributed by atoms with E-state index in [9.17, 15) is 0 Å². The SMILES string of the molecule is COc1ccc(/N=C\C2=CCCc3ccccc32)cc1. The molecule has 0 aliphatic heterocycles. The summed E-state index contributed by atoms with van der Waals surface area (Å²) in [5, 5.41) is 0. The summed E-state index contributed by atoms with van der Waals surface area (Å²) in [4.78, 5) is 4.56. The van der Waals surface area contributed by atoms with Crippen molar-refractivity contribution in [2.45, 2.75) is 12.8 Å². The molecule has 0 N–H and O–H groups in total. The highest BCUT2D eigenvalue weighted by atomic mass is 16.5. The zero-order valence-electron chi connectivity index (χ0n) is 11.5. The summed E-state index contributed by atoms with van der Waals surface area (Å²) >= 11 is 0. The Morgan fingerprint density at radius 2 is 1.85 bits per heavy atom. The van der Waals surface area contributed by atoms with E-state index < -0.39 is 0 Å². The van der Waals surface area contributed by atoms with Gasteiger partial charge in [0, 0.05) is 6.21 Å². The molecule has 0 bridgehead atoms. The van der Waals surface area contributed by atoms with Gasteiger partial charge in [-0.05, 0) is 53.8 Å². The fourth-order valence-corrected chi connectivity index (χ4v) is 2.45. The molecule has 3 rings (SSSR count). The van der Waals surface area contributed by atoms with Gasteiger partial charge < -0.3 is 4.74 Å². The summed E-state index contributed by atoms with van der Waals surface area (Å²) in [7, 11) is 1.67. The van der Waals surface area contributed by atoms with Crippen LogP contribution in [-0.2, 0) is 6.42 Å². The molecule has 1 aliphatic rings. The van der Waals surface area contributed by atoms with E-state index in [1.54, 1.807) is 7.11 Å². The van der Waals surface area contributed by atoms with E-state index in [1.807, 2.05) is 30.5 Å². The highest BCUT2D eigenvalue weighted by Crippen LogP contribution is 2.26. The number of hydrogen-bond acceptors (Lipinski definition) is 2. The molecule has 0 amide bonds. The van der Waals surface area contributed by atoms with Crippen LogP contribution in [0.4, 0.5) is 5.69 Å². The van der Waals surface area contributed by atoms with Gasteiger partial charge in [-0.25, -0.2) is 0 Å². The lowest BCUT2D eigenvalue weighted by Crippen LogP contribution is -1.99. The minimum absolute atomic E-state index is 0.853. The Morgan fingerprint density at radius 1 is 1.05 bits per heavy atom. The second-order valence-electron chi connectivity index (χ2n) is 4.81. The van der Waals surface area contributed by atoms with E-state index in [0.717, 1.165) is 24.3 Å². The second kappa shape index (κ2) is 5.74. The highest BCUT2D eigenvalue weighted by molar-refractivity contribution is 6.11. The average molecular weight is 263 g/mol. The minimum Gasteiger partial charge on any atom is -0.497 e. The van der Waals surface area contributed by atoms with Crippen LogP contribution in [0.5, 0.6) is 5.75 Å². The number of nitrogens with zero attached hydrogens (tertiary/aromatic N) is 1. The normalized spacial score (nSPS) is 13.9. The van der Waals surface area contributed by atoms with Crippen molar-refractivity contribution in [1.82, 2.24) is 0 Å². The molecule has 2 aromatic carbocycles. The first kappa shape index (κ1) is 12.7. The van der Waals surface area contributed by atoms with E-state index in [2.05, 4.69) is 35.3 Å². The van der Waals surface area contributed by atoms with Crippen LogP contribution in [0.1, 0.15) is 17.5 Å². The van der Waals surface area contributed by atoms with Gasteiger partial charge in [-0.15, -0.1) is 0 Å². The van der Waals surface area contributed by atoms with Crippen LogP contribution in [0.2, 0.25) is 0 Å². The molecule has 2 aromatic rings. The van der Waals surface area contributed by atoms with E-state index >= 15 is 0 Å². The molecule has 0 aromatic heterocycles. The van der Waals surface area contributed by atoms with Gasteiger partial charge in [0.05, 0.1) is 12.8 Å². The fraction of sp³-hybridized carbons (Fsp3) is 0.167. The highest BCUT2D eigenvalue weighted by Gasteiger charge is 2.09. The van der Waals surface area contributed by atoms with E-state index in [0.29, 0.717) is 0 Å². The van der Waals surface area contributed by atoms with E-state index in [4.69, 9.17) is 4.74 Å². The summed E-state index contributed by atoms with van der Waals surface area (Å²) in [6.45, 7) is 0. The molecule has 0 saturated heterocycles. The lowest BCUT2D eigenvalue weighted by Gasteiger charge is -2.14. The van der Waals surface area contributed by atoms with Crippen LogP contribution in [0, 0.1) is 0 Å². The predicted molar refractivity (Wildman–Crippen MR) is 83.9 cm³/mol. The Morgan fingerprint density at radius 3 is 2.65 bits per heavy atom. The molecule has 0 fully saturated rings. The molecule has 0 heterocycles. The lowest BCUT2D eigenvalue weighted by atomic mass is 9.91. The first-order chi connectivity index (χ1) is 9.86. The molecule has 0 radical (unpaired) electrons. The number of aryl methyl sites for hydroxylation is 1. The van der Waals surface area contributed by atoms with Crippen molar-refractivity contribution >= 4 is 17.5 Å². The molecule has 2 nitrogen and oxygen atoms in total. The third kappa shape index (κ3) is 2.64. The summed E-state index contributed by atoms with van der Waals surface area (Å²) < 4.78 is 5.15. The Labute approximate surface area is 119 Å². The zero-order valence-corrected chi connectivity index (χ0v) is 11.5. The fourth-order valence-electron chi connectivity index (χ4n) is 2.45. The summed E-state index contributed by atoms with van der Waals surface area (Å²) in [5.41, 5.74) is 4.86. The predicted octanol–water partition coefficient (Wildman–Crippen LogP) is 4.43. The molecule has 0 spiro atoms. The summed E-state index contributed by atoms with van der Waals surface area (Å²) in [6, 6.07) is 16.3. The van der Waals surface area contributed by atoms with Crippen LogP contribution < -0.4 is 4.74 Å². The van der Waals surface area contributed by atoms with Gasteiger partial charge in [-0.2, -0.15) is 0 Å². The van der Waals surface area contributed by atoms with Crippen molar-refractivity contribution in [2.24, 2.45) is 4.99 Å². The van der Waals surface area contributed by atoms with Gasteiger partial charge in [0.15, 0.2) is 0 Å². The molecule has 0 atom stereocenters. The van der Waals surface area contributed by atoms with Crippen molar-refractivity contribution in [3.8, 4) is 5.75 Å². The Kier molecular flexibility index (Phi) is 3.64. The molecular formula is C18H17NO. The maximum atomic E-state index is 5.15. The number of allylic oxidation sites excluding steroid dienone is 2. The first-order valence-electron chi connectivity index (χ1n) is 6.83. The number of hydrogen-bond donors (Lipinski definition) is 0. The largest absolute Gasteiger partial charge is 0.497 e. The molecule has 0 saturated carbocycles. The molecule has 0 unspecified atom stereocenters. The number of fused-ring (bicyclic) bond motifs is 1. The van der Waals surface area contributed by atoms with Crippen molar-refractivity contribution in [2.75, 3.05) is 7.11 Å². The smallest absolute Gasteiger partial charge is 0.119 e. The monoisotopic (exact) mass is 263 g/mol.